The fourth-order valence-corrected chi connectivity index (χ4v) is 9.00. The van der Waals surface area contributed by atoms with Gasteiger partial charge in [0.2, 0.25) is 5.91 Å². The standard InChI is InChI=1S/C26H43NO5/c1-15(4-7-22(30)27-14-23(31)32)18-5-6-19-24-20(9-11-26(18,19)3)25(2)10-8-17(28)12-16(25)13-21(24)29/h15-21,24,28-29H,4-14H2,1-3H3,(H,27,30)(H,31,32)/t15-,16?,17-,18-,19?,20?,21+,24?,25?,26-/m1/s1. The molecule has 4 saturated carbocycles. The molecule has 0 saturated heterocycles. The smallest absolute Gasteiger partial charge is 0.322 e. The Hall–Kier alpha value is -1.14. The summed E-state index contributed by atoms with van der Waals surface area (Å²) in [4.78, 5) is 22.7. The molecule has 10 atom stereocenters. The number of nitrogens with one attached hydrogen (secondary N) is 1. The summed E-state index contributed by atoms with van der Waals surface area (Å²) in [5.41, 5.74) is 0.451. The van der Waals surface area contributed by atoms with Crippen molar-refractivity contribution < 1.29 is 24.9 Å². The molecular formula is C26H43NO5. The molecule has 4 aliphatic rings. The van der Waals surface area contributed by atoms with Gasteiger partial charge < -0.3 is 20.6 Å². The Labute approximate surface area is 192 Å². The van der Waals surface area contributed by atoms with E-state index < -0.39 is 5.97 Å². The van der Waals surface area contributed by atoms with Gasteiger partial charge in [-0.05, 0) is 104 Å². The van der Waals surface area contributed by atoms with Crippen LogP contribution in [0.2, 0.25) is 0 Å². The number of carboxylic acids is 1. The summed E-state index contributed by atoms with van der Waals surface area (Å²) in [6.07, 6.45) is 9.06. The zero-order valence-electron chi connectivity index (χ0n) is 20.1. The van der Waals surface area contributed by atoms with Gasteiger partial charge in [0.15, 0.2) is 0 Å². The zero-order chi connectivity index (χ0) is 23.3. The number of hydrogen-bond donors (Lipinski definition) is 4. The number of fused-ring (bicyclic) bond motifs is 5. The van der Waals surface area contributed by atoms with Crippen LogP contribution in [0.15, 0.2) is 0 Å². The third-order valence-electron chi connectivity index (χ3n) is 10.7. The van der Waals surface area contributed by atoms with Crippen molar-refractivity contribution in [1.82, 2.24) is 5.32 Å². The van der Waals surface area contributed by atoms with Crippen molar-refractivity contribution in [1.29, 1.82) is 0 Å². The van der Waals surface area contributed by atoms with Gasteiger partial charge in [0.1, 0.15) is 6.54 Å². The maximum Gasteiger partial charge on any atom is 0.322 e. The summed E-state index contributed by atoms with van der Waals surface area (Å²) in [6.45, 7) is 6.83. The Bertz CT molecular complexity index is 727. The lowest BCUT2D eigenvalue weighted by Gasteiger charge is -2.62. The Kier molecular flexibility index (Phi) is 6.68. The van der Waals surface area contributed by atoms with E-state index in [-0.39, 0.29) is 35.5 Å². The Morgan fingerprint density at radius 3 is 2.41 bits per heavy atom. The van der Waals surface area contributed by atoms with Crippen LogP contribution in [0.4, 0.5) is 0 Å². The summed E-state index contributed by atoms with van der Waals surface area (Å²) >= 11 is 0. The molecule has 4 rings (SSSR count). The topological polar surface area (TPSA) is 107 Å². The van der Waals surface area contributed by atoms with Gasteiger partial charge in [0, 0.05) is 6.42 Å². The van der Waals surface area contributed by atoms with Crippen molar-refractivity contribution in [2.75, 3.05) is 6.54 Å². The predicted molar refractivity (Wildman–Crippen MR) is 122 cm³/mol. The average Bonchev–Trinajstić information content (AvgIpc) is 3.09. The second-order valence-electron chi connectivity index (χ2n) is 12.1. The fourth-order valence-electron chi connectivity index (χ4n) is 9.00. The maximum absolute atomic E-state index is 12.0. The third kappa shape index (κ3) is 4.11. The molecular weight excluding hydrogens is 406 g/mol. The van der Waals surface area contributed by atoms with Gasteiger partial charge in [-0.1, -0.05) is 20.8 Å². The van der Waals surface area contributed by atoms with Crippen LogP contribution in [0, 0.1) is 46.3 Å². The monoisotopic (exact) mass is 449 g/mol. The number of hydrogen-bond acceptors (Lipinski definition) is 4. The molecule has 4 aliphatic carbocycles. The van der Waals surface area contributed by atoms with E-state index in [0.717, 1.165) is 44.9 Å². The van der Waals surface area contributed by atoms with Gasteiger partial charge in [-0.3, -0.25) is 9.59 Å². The summed E-state index contributed by atoms with van der Waals surface area (Å²) in [7, 11) is 0. The van der Waals surface area contributed by atoms with Crippen molar-refractivity contribution in [2.45, 2.75) is 97.2 Å². The minimum atomic E-state index is -1.01. The molecule has 0 bridgehead atoms. The average molecular weight is 450 g/mol. The molecule has 4 N–H and O–H groups in total. The summed E-state index contributed by atoms with van der Waals surface area (Å²) in [5.74, 6) is 1.66. The van der Waals surface area contributed by atoms with Gasteiger partial charge in [0.05, 0.1) is 12.2 Å². The molecule has 6 heteroatoms. The molecule has 5 unspecified atom stereocenters. The Morgan fingerprint density at radius 1 is 1.00 bits per heavy atom. The van der Waals surface area contributed by atoms with Gasteiger partial charge in [-0.2, -0.15) is 0 Å². The van der Waals surface area contributed by atoms with E-state index in [0.29, 0.717) is 41.9 Å². The van der Waals surface area contributed by atoms with Crippen molar-refractivity contribution in [3.05, 3.63) is 0 Å². The number of carboxylic acid groups (broad SMARTS) is 1. The normalized spacial score (nSPS) is 46.5. The number of aliphatic hydroxyl groups excluding tert-OH is 2. The third-order valence-corrected chi connectivity index (χ3v) is 10.7. The number of carbonyl (C=O) groups is 2. The lowest BCUT2D eigenvalue weighted by molar-refractivity contribution is -0.174. The number of aliphatic carboxylic acids is 1. The summed E-state index contributed by atoms with van der Waals surface area (Å²) in [5, 5.41) is 32.8. The predicted octanol–water partition coefficient (Wildman–Crippen LogP) is 3.59. The van der Waals surface area contributed by atoms with Crippen molar-refractivity contribution in [3.8, 4) is 0 Å². The first-order chi connectivity index (χ1) is 15.1. The molecule has 0 aromatic carbocycles. The van der Waals surface area contributed by atoms with Gasteiger partial charge in [-0.25, -0.2) is 0 Å². The quantitative estimate of drug-likeness (QED) is 0.496. The van der Waals surface area contributed by atoms with Crippen LogP contribution in [0.5, 0.6) is 0 Å². The minimum absolute atomic E-state index is 0.177. The molecule has 1 amide bonds. The molecule has 32 heavy (non-hydrogen) atoms. The van der Waals surface area contributed by atoms with Crippen LogP contribution in [0.3, 0.4) is 0 Å². The van der Waals surface area contributed by atoms with E-state index in [2.05, 4.69) is 26.1 Å². The van der Waals surface area contributed by atoms with E-state index in [1.807, 2.05) is 0 Å². The first-order valence-electron chi connectivity index (χ1n) is 12.9. The molecule has 0 aromatic heterocycles. The molecule has 0 spiro atoms. The zero-order valence-corrected chi connectivity index (χ0v) is 20.1. The Balaban J connectivity index is 1.44. The van der Waals surface area contributed by atoms with E-state index in [9.17, 15) is 19.8 Å². The second kappa shape index (κ2) is 8.90. The van der Waals surface area contributed by atoms with Crippen molar-refractivity contribution in [2.24, 2.45) is 46.3 Å². The fraction of sp³-hybridized carbons (Fsp3) is 0.923. The molecule has 0 heterocycles. The molecule has 6 nitrogen and oxygen atoms in total. The first kappa shape index (κ1) is 24.0. The van der Waals surface area contributed by atoms with E-state index in [1.54, 1.807) is 0 Å². The minimum Gasteiger partial charge on any atom is -0.480 e. The lowest BCUT2D eigenvalue weighted by atomic mass is 9.43. The van der Waals surface area contributed by atoms with Crippen LogP contribution in [-0.2, 0) is 9.59 Å². The van der Waals surface area contributed by atoms with Crippen LogP contribution in [-0.4, -0.2) is 45.9 Å². The molecule has 4 fully saturated rings. The van der Waals surface area contributed by atoms with Gasteiger partial charge in [0.25, 0.3) is 0 Å². The molecule has 0 aliphatic heterocycles. The van der Waals surface area contributed by atoms with Crippen LogP contribution >= 0.6 is 0 Å². The maximum atomic E-state index is 12.0. The number of aliphatic hydroxyl groups is 2. The second-order valence-corrected chi connectivity index (χ2v) is 12.1. The number of rotatable bonds is 6. The van der Waals surface area contributed by atoms with Crippen molar-refractivity contribution in [3.63, 3.8) is 0 Å². The number of amides is 1. The highest BCUT2D eigenvalue weighted by atomic mass is 16.4. The highest BCUT2D eigenvalue weighted by Crippen LogP contribution is 2.68. The van der Waals surface area contributed by atoms with E-state index in [1.165, 1.54) is 12.8 Å². The largest absolute Gasteiger partial charge is 0.480 e. The molecule has 182 valence electrons. The van der Waals surface area contributed by atoms with Crippen LogP contribution in [0.25, 0.3) is 0 Å². The van der Waals surface area contributed by atoms with E-state index in [4.69, 9.17) is 5.11 Å². The Morgan fingerprint density at radius 2 is 1.69 bits per heavy atom. The molecule has 0 aromatic rings. The SMILES string of the molecule is C[C@H](CCC(=O)NCC(=O)O)[C@H]1CCC2C3C(CC[C@@]21C)C1(C)CC[C@@H](O)CC1C[C@@H]3O. The highest BCUT2D eigenvalue weighted by molar-refractivity contribution is 5.81. The highest BCUT2D eigenvalue weighted by Gasteiger charge is 2.62. The van der Waals surface area contributed by atoms with Crippen molar-refractivity contribution >= 4 is 11.9 Å². The first-order valence-corrected chi connectivity index (χ1v) is 12.9. The summed E-state index contributed by atoms with van der Waals surface area (Å²) in [6, 6.07) is 0. The lowest BCUT2D eigenvalue weighted by Crippen LogP contribution is -2.58. The van der Waals surface area contributed by atoms with E-state index >= 15 is 0 Å². The molecule has 0 radical (unpaired) electrons. The van der Waals surface area contributed by atoms with Gasteiger partial charge >= 0.3 is 5.97 Å². The number of carbonyl (C=O) groups excluding carboxylic acids is 1. The van der Waals surface area contributed by atoms with Gasteiger partial charge in [-0.15, -0.1) is 0 Å². The summed E-state index contributed by atoms with van der Waals surface area (Å²) < 4.78 is 0. The van der Waals surface area contributed by atoms with Crippen LogP contribution < -0.4 is 5.32 Å². The van der Waals surface area contributed by atoms with Crippen LogP contribution in [0.1, 0.15) is 85.0 Å².